The minimum atomic E-state index is -0.174. The second-order valence-corrected chi connectivity index (χ2v) is 4.70. The van der Waals surface area contributed by atoms with Gasteiger partial charge in [-0.3, -0.25) is 9.78 Å². The third-order valence-electron chi connectivity index (χ3n) is 2.71. The first-order valence-corrected chi connectivity index (χ1v) is 6.23. The summed E-state index contributed by atoms with van der Waals surface area (Å²) in [6, 6.07) is 7.46. The molecule has 0 N–H and O–H groups in total. The van der Waals surface area contributed by atoms with Crippen molar-refractivity contribution in [3.63, 3.8) is 0 Å². The highest BCUT2D eigenvalue weighted by molar-refractivity contribution is 6.31. The molecule has 98 valence electrons. The summed E-state index contributed by atoms with van der Waals surface area (Å²) < 4.78 is 0. The van der Waals surface area contributed by atoms with Gasteiger partial charge in [0.05, 0.1) is 11.9 Å². The molecular weight excluding hydrogens is 262 g/mol. The van der Waals surface area contributed by atoms with Crippen molar-refractivity contribution in [2.24, 2.45) is 0 Å². The van der Waals surface area contributed by atoms with Crippen LogP contribution in [0.25, 0.3) is 0 Å². The lowest BCUT2D eigenvalue weighted by atomic mass is 10.2. The maximum Gasteiger partial charge on any atom is 0.274 e. The van der Waals surface area contributed by atoms with Gasteiger partial charge in [0.1, 0.15) is 5.69 Å². The first kappa shape index (κ1) is 13.5. The van der Waals surface area contributed by atoms with E-state index in [1.54, 1.807) is 24.2 Å². The number of nitrogens with zero attached hydrogens (tertiary/aromatic N) is 3. The molecule has 0 aliphatic heterocycles. The predicted molar refractivity (Wildman–Crippen MR) is 74.0 cm³/mol. The summed E-state index contributed by atoms with van der Waals surface area (Å²) in [4.78, 5) is 21.9. The van der Waals surface area contributed by atoms with Crippen LogP contribution >= 0.6 is 11.6 Å². The van der Waals surface area contributed by atoms with E-state index < -0.39 is 0 Å². The zero-order valence-corrected chi connectivity index (χ0v) is 11.6. The second-order valence-electron chi connectivity index (χ2n) is 4.30. The first-order chi connectivity index (χ1) is 9.08. The van der Waals surface area contributed by atoms with Crippen molar-refractivity contribution in [1.29, 1.82) is 0 Å². The monoisotopic (exact) mass is 275 g/mol. The Balaban J connectivity index is 2.12. The van der Waals surface area contributed by atoms with E-state index in [1.807, 2.05) is 25.1 Å². The molecule has 0 bridgehead atoms. The molecule has 0 saturated carbocycles. The van der Waals surface area contributed by atoms with E-state index in [2.05, 4.69) is 9.97 Å². The van der Waals surface area contributed by atoms with Gasteiger partial charge in [0.25, 0.3) is 5.91 Å². The molecule has 0 aliphatic carbocycles. The number of aromatic nitrogens is 2. The van der Waals surface area contributed by atoms with Crippen molar-refractivity contribution in [3.8, 4) is 0 Å². The maximum atomic E-state index is 12.2. The molecule has 1 aromatic heterocycles. The molecule has 1 aromatic carbocycles. The smallest absolute Gasteiger partial charge is 0.274 e. The highest BCUT2D eigenvalue weighted by Crippen LogP contribution is 2.17. The van der Waals surface area contributed by atoms with Crippen molar-refractivity contribution in [3.05, 3.63) is 58.6 Å². The summed E-state index contributed by atoms with van der Waals surface area (Å²) >= 11 is 6.07. The quantitative estimate of drug-likeness (QED) is 0.865. The van der Waals surface area contributed by atoms with Crippen LogP contribution in [0.2, 0.25) is 5.02 Å². The summed E-state index contributed by atoms with van der Waals surface area (Å²) in [5.41, 5.74) is 2.02. The summed E-state index contributed by atoms with van der Waals surface area (Å²) in [7, 11) is 1.72. The third-order valence-corrected chi connectivity index (χ3v) is 3.08. The minimum Gasteiger partial charge on any atom is -0.336 e. The van der Waals surface area contributed by atoms with Gasteiger partial charge in [0, 0.05) is 24.8 Å². The number of carbonyl (C=O) groups excluding carboxylic acids is 1. The number of aryl methyl sites for hydroxylation is 1. The Hall–Kier alpha value is -1.94. The summed E-state index contributed by atoms with van der Waals surface area (Å²) in [5, 5.41) is 0.650. The van der Waals surface area contributed by atoms with E-state index in [0.29, 0.717) is 17.3 Å². The van der Waals surface area contributed by atoms with E-state index in [9.17, 15) is 4.79 Å². The van der Waals surface area contributed by atoms with E-state index >= 15 is 0 Å². The molecule has 0 unspecified atom stereocenters. The van der Waals surface area contributed by atoms with Crippen molar-refractivity contribution < 1.29 is 4.79 Å². The Morgan fingerprint density at radius 3 is 2.63 bits per heavy atom. The zero-order chi connectivity index (χ0) is 13.8. The molecule has 5 heteroatoms. The Morgan fingerprint density at radius 1 is 1.26 bits per heavy atom. The SMILES string of the molecule is Cc1cnc(C(=O)N(C)Cc2ccccc2Cl)cn1. The fourth-order valence-corrected chi connectivity index (χ4v) is 1.85. The molecule has 0 aliphatic rings. The van der Waals surface area contributed by atoms with Crippen LogP contribution < -0.4 is 0 Å². The Labute approximate surface area is 117 Å². The second kappa shape index (κ2) is 5.80. The molecule has 0 spiro atoms. The van der Waals surface area contributed by atoms with Gasteiger partial charge < -0.3 is 4.90 Å². The average molecular weight is 276 g/mol. The normalized spacial score (nSPS) is 10.3. The largest absolute Gasteiger partial charge is 0.336 e. The number of hydrogen-bond acceptors (Lipinski definition) is 3. The molecule has 1 amide bonds. The fourth-order valence-electron chi connectivity index (χ4n) is 1.65. The third kappa shape index (κ3) is 3.29. The van der Waals surface area contributed by atoms with Gasteiger partial charge in [-0.1, -0.05) is 29.8 Å². The van der Waals surface area contributed by atoms with Gasteiger partial charge in [-0.15, -0.1) is 0 Å². The molecule has 2 rings (SSSR count). The number of rotatable bonds is 3. The van der Waals surface area contributed by atoms with Crippen LogP contribution in [0, 0.1) is 6.92 Å². The van der Waals surface area contributed by atoms with Crippen LogP contribution in [0.1, 0.15) is 21.7 Å². The fraction of sp³-hybridized carbons (Fsp3) is 0.214. The Bertz CT molecular complexity index is 583. The lowest BCUT2D eigenvalue weighted by molar-refractivity contribution is 0.0779. The highest BCUT2D eigenvalue weighted by atomic mass is 35.5. The molecule has 0 atom stereocenters. The summed E-state index contributed by atoms with van der Waals surface area (Å²) in [5.74, 6) is -0.174. The Kier molecular flexibility index (Phi) is 4.12. The van der Waals surface area contributed by atoms with Crippen molar-refractivity contribution in [2.75, 3.05) is 7.05 Å². The molecule has 0 saturated heterocycles. The van der Waals surface area contributed by atoms with Crippen LogP contribution in [0.3, 0.4) is 0 Å². The molecule has 0 fully saturated rings. The van der Waals surface area contributed by atoms with E-state index in [0.717, 1.165) is 11.3 Å². The van der Waals surface area contributed by atoms with E-state index in [-0.39, 0.29) is 5.91 Å². The maximum absolute atomic E-state index is 12.2. The lowest BCUT2D eigenvalue weighted by Gasteiger charge is -2.17. The van der Waals surface area contributed by atoms with E-state index in [4.69, 9.17) is 11.6 Å². The molecule has 4 nitrogen and oxygen atoms in total. The topological polar surface area (TPSA) is 46.1 Å². The molecule has 1 heterocycles. The molecular formula is C14H14ClN3O. The van der Waals surface area contributed by atoms with Crippen molar-refractivity contribution in [2.45, 2.75) is 13.5 Å². The van der Waals surface area contributed by atoms with Crippen molar-refractivity contribution >= 4 is 17.5 Å². The first-order valence-electron chi connectivity index (χ1n) is 5.85. The molecule has 19 heavy (non-hydrogen) atoms. The summed E-state index contributed by atoms with van der Waals surface area (Å²) in [6.45, 7) is 2.27. The predicted octanol–water partition coefficient (Wildman–Crippen LogP) is 2.71. The average Bonchev–Trinajstić information content (AvgIpc) is 2.41. The molecule has 2 aromatic rings. The van der Waals surface area contributed by atoms with Gasteiger partial charge in [0.15, 0.2) is 0 Å². The van der Waals surface area contributed by atoms with Crippen LogP contribution in [0.4, 0.5) is 0 Å². The van der Waals surface area contributed by atoms with Gasteiger partial charge in [-0.2, -0.15) is 0 Å². The number of hydrogen-bond donors (Lipinski definition) is 0. The van der Waals surface area contributed by atoms with E-state index in [1.165, 1.54) is 6.20 Å². The van der Waals surface area contributed by atoms with Crippen LogP contribution in [0.15, 0.2) is 36.7 Å². The number of benzene rings is 1. The van der Waals surface area contributed by atoms with Crippen molar-refractivity contribution in [1.82, 2.24) is 14.9 Å². The summed E-state index contributed by atoms with van der Waals surface area (Å²) in [6.07, 6.45) is 3.07. The molecule has 0 radical (unpaired) electrons. The van der Waals surface area contributed by atoms with Crippen LogP contribution in [0.5, 0.6) is 0 Å². The van der Waals surface area contributed by atoms with Gasteiger partial charge in [-0.25, -0.2) is 4.98 Å². The lowest BCUT2D eigenvalue weighted by Crippen LogP contribution is -2.27. The Morgan fingerprint density at radius 2 is 2.00 bits per heavy atom. The standard InChI is InChI=1S/C14H14ClN3O/c1-10-7-17-13(8-16-10)14(19)18(2)9-11-5-3-4-6-12(11)15/h3-8H,9H2,1-2H3. The number of halogens is 1. The van der Waals surface area contributed by atoms with Gasteiger partial charge in [-0.05, 0) is 18.6 Å². The zero-order valence-electron chi connectivity index (χ0n) is 10.8. The number of carbonyl (C=O) groups is 1. The van der Waals surface area contributed by atoms with Gasteiger partial charge >= 0.3 is 0 Å². The van der Waals surface area contributed by atoms with Crippen LogP contribution in [-0.4, -0.2) is 27.8 Å². The minimum absolute atomic E-state index is 0.174. The van der Waals surface area contributed by atoms with Gasteiger partial charge in [0.2, 0.25) is 0 Å². The highest BCUT2D eigenvalue weighted by Gasteiger charge is 2.14. The number of amides is 1. The van der Waals surface area contributed by atoms with Crippen LogP contribution in [-0.2, 0) is 6.54 Å².